The molecular weight excluding hydrogens is 398 g/mol. The van der Waals surface area contributed by atoms with E-state index in [-0.39, 0.29) is 12.2 Å². The van der Waals surface area contributed by atoms with E-state index in [4.69, 9.17) is 0 Å². The summed E-state index contributed by atoms with van der Waals surface area (Å²) in [6.45, 7) is 1.89. The molecule has 0 radical (unpaired) electrons. The first kappa shape index (κ1) is 24.2. The van der Waals surface area contributed by atoms with Gasteiger partial charge < -0.3 is 0 Å². The average Bonchev–Trinajstić information content (AvgIpc) is 2.85. The van der Waals surface area contributed by atoms with Crippen molar-refractivity contribution < 1.29 is 8.78 Å². The van der Waals surface area contributed by atoms with E-state index >= 15 is 0 Å². The highest BCUT2D eigenvalue weighted by Crippen LogP contribution is 2.44. The van der Waals surface area contributed by atoms with Crippen molar-refractivity contribution in [2.75, 3.05) is 6.67 Å². The number of aryl methyl sites for hydroxylation is 1. The molecule has 3 saturated carbocycles. The summed E-state index contributed by atoms with van der Waals surface area (Å²) >= 11 is 0. The summed E-state index contributed by atoms with van der Waals surface area (Å²) in [5.74, 6) is 5.25. The molecule has 0 heterocycles. The van der Waals surface area contributed by atoms with Crippen molar-refractivity contribution in [2.24, 2.45) is 29.6 Å². The number of halogens is 2. The van der Waals surface area contributed by atoms with Crippen LogP contribution in [0.4, 0.5) is 8.78 Å². The smallest absolute Gasteiger partial charge is 0.126 e. The highest BCUT2D eigenvalue weighted by atomic mass is 19.1. The predicted octanol–water partition coefficient (Wildman–Crippen LogP) is 9.41. The molecule has 3 aliphatic rings. The van der Waals surface area contributed by atoms with E-state index in [2.05, 4.69) is 6.92 Å². The Morgan fingerprint density at radius 2 is 1.25 bits per heavy atom. The fraction of sp³-hybridized carbons (Fsp3) is 0.800. The van der Waals surface area contributed by atoms with Crippen molar-refractivity contribution in [3.63, 3.8) is 0 Å². The highest BCUT2D eigenvalue weighted by Gasteiger charge is 2.31. The van der Waals surface area contributed by atoms with Gasteiger partial charge in [-0.2, -0.15) is 0 Å². The SMILES string of the molecule is CC[C@H]1CC[C@H]([C@H]2CC[C@H](CC[C@H]3CC[C@H](c4ccc(CCF)c(F)c4)CC3)CC2)CC1. The van der Waals surface area contributed by atoms with E-state index in [0.717, 1.165) is 35.2 Å². The van der Waals surface area contributed by atoms with Gasteiger partial charge in [0.15, 0.2) is 0 Å². The van der Waals surface area contributed by atoms with Gasteiger partial charge in [-0.05, 0) is 104 Å². The van der Waals surface area contributed by atoms with Crippen molar-refractivity contribution in [3.05, 3.63) is 35.1 Å². The van der Waals surface area contributed by atoms with E-state index in [1.165, 1.54) is 96.3 Å². The zero-order valence-corrected chi connectivity index (χ0v) is 20.5. The highest BCUT2D eigenvalue weighted by molar-refractivity contribution is 5.27. The molecule has 0 unspecified atom stereocenters. The molecule has 3 fully saturated rings. The number of rotatable bonds is 8. The van der Waals surface area contributed by atoms with Gasteiger partial charge in [0.05, 0.1) is 6.67 Å². The van der Waals surface area contributed by atoms with E-state index in [1.807, 2.05) is 12.1 Å². The second-order valence-corrected chi connectivity index (χ2v) is 11.6. The Morgan fingerprint density at radius 3 is 1.75 bits per heavy atom. The Bertz CT molecular complexity index is 674. The summed E-state index contributed by atoms with van der Waals surface area (Å²) in [6.07, 6.45) is 21.4. The maximum absolute atomic E-state index is 14.2. The summed E-state index contributed by atoms with van der Waals surface area (Å²) in [4.78, 5) is 0. The van der Waals surface area contributed by atoms with Crippen LogP contribution in [0.15, 0.2) is 18.2 Å². The largest absolute Gasteiger partial charge is 0.251 e. The zero-order valence-electron chi connectivity index (χ0n) is 20.5. The van der Waals surface area contributed by atoms with E-state index in [9.17, 15) is 8.78 Å². The second kappa shape index (κ2) is 12.0. The predicted molar refractivity (Wildman–Crippen MR) is 131 cm³/mol. The molecule has 32 heavy (non-hydrogen) atoms. The van der Waals surface area contributed by atoms with Gasteiger partial charge >= 0.3 is 0 Å². The van der Waals surface area contributed by atoms with Crippen LogP contribution >= 0.6 is 0 Å². The van der Waals surface area contributed by atoms with E-state index in [0.29, 0.717) is 11.5 Å². The Kier molecular flexibility index (Phi) is 9.06. The molecule has 0 bridgehead atoms. The number of hydrogen-bond acceptors (Lipinski definition) is 0. The van der Waals surface area contributed by atoms with Crippen LogP contribution in [-0.2, 0) is 6.42 Å². The quantitative estimate of drug-likeness (QED) is 0.374. The minimum Gasteiger partial charge on any atom is -0.251 e. The molecule has 3 aliphatic carbocycles. The lowest BCUT2D eigenvalue weighted by atomic mass is 9.68. The molecule has 0 atom stereocenters. The topological polar surface area (TPSA) is 0 Å². The summed E-state index contributed by atoms with van der Waals surface area (Å²) in [5.41, 5.74) is 1.66. The molecule has 0 aromatic heterocycles. The van der Waals surface area contributed by atoms with Crippen LogP contribution in [0.3, 0.4) is 0 Å². The third-order valence-electron chi connectivity index (χ3n) is 9.77. The normalized spacial score (nSPS) is 33.8. The number of benzene rings is 1. The molecule has 1 aromatic carbocycles. The van der Waals surface area contributed by atoms with Crippen LogP contribution in [0.2, 0.25) is 0 Å². The number of hydrogen-bond donors (Lipinski definition) is 0. The molecular formula is C30H46F2. The summed E-state index contributed by atoms with van der Waals surface area (Å²) < 4.78 is 26.7. The Labute approximate surface area is 196 Å². The van der Waals surface area contributed by atoms with Gasteiger partial charge in [0.2, 0.25) is 0 Å². The maximum atomic E-state index is 14.2. The monoisotopic (exact) mass is 444 g/mol. The van der Waals surface area contributed by atoms with Crippen LogP contribution < -0.4 is 0 Å². The molecule has 0 N–H and O–H groups in total. The zero-order chi connectivity index (χ0) is 22.3. The Balaban J connectivity index is 1.14. The Morgan fingerprint density at radius 1 is 0.719 bits per heavy atom. The molecule has 2 heteroatoms. The van der Waals surface area contributed by atoms with Gasteiger partial charge in [0, 0.05) is 6.42 Å². The third-order valence-corrected chi connectivity index (χ3v) is 9.77. The van der Waals surface area contributed by atoms with Gasteiger partial charge in [-0.25, -0.2) is 4.39 Å². The lowest BCUT2D eigenvalue weighted by molar-refractivity contribution is 0.138. The fourth-order valence-corrected chi connectivity index (χ4v) is 7.39. The van der Waals surface area contributed by atoms with E-state index < -0.39 is 6.67 Å². The lowest BCUT2D eigenvalue weighted by Gasteiger charge is -2.38. The first-order chi connectivity index (χ1) is 15.7. The summed E-state index contributed by atoms with van der Waals surface area (Å²) in [7, 11) is 0. The molecule has 180 valence electrons. The number of alkyl halides is 1. The standard InChI is InChI=1S/C30H46F2/c1-2-22-5-11-25(12-6-22)26-13-7-23(8-14-26)3-4-24-9-15-27(16-10-24)29-18-17-28(19-20-31)30(32)21-29/h17-18,21-27H,2-16,19-20H2,1H3/t22-,23-,24-,25-,26-,27-. The molecule has 0 saturated heterocycles. The second-order valence-electron chi connectivity index (χ2n) is 11.6. The lowest BCUT2D eigenvalue weighted by Crippen LogP contribution is -2.26. The van der Waals surface area contributed by atoms with Crippen molar-refractivity contribution in [1.82, 2.24) is 0 Å². The van der Waals surface area contributed by atoms with Crippen LogP contribution in [0.5, 0.6) is 0 Å². The first-order valence-corrected chi connectivity index (χ1v) is 14.0. The van der Waals surface area contributed by atoms with Gasteiger partial charge in [-0.3, -0.25) is 4.39 Å². The van der Waals surface area contributed by atoms with Crippen molar-refractivity contribution in [3.8, 4) is 0 Å². The van der Waals surface area contributed by atoms with Gasteiger partial charge in [-0.15, -0.1) is 0 Å². The molecule has 4 rings (SSSR count). The van der Waals surface area contributed by atoms with Crippen molar-refractivity contribution in [1.29, 1.82) is 0 Å². The van der Waals surface area contributed by atoms with Gasteiger partial charge in [0.1, 0.15) is 5.82 Å². The van der Waals surface area contributed by atoms with Crippen molar-refractivity contribution in [2.45, 2.75) is 116 Å². The van der Waals surface area contributed by atoms with Crippen LogP contribution in [-0.4, -0.2) is 6.67 Å². The first-order valence-electron chi connectivity index (χ1n) is 14.0. The van der Waals surface area contributed by atoms with E-state index in [1.54, 1.807) is 6.07 Å². The summed E-state index contributed by atoms with van der Waals surface area (Å²) in [6, 6.07) is 5.54. The molecule has 0 spiro atoms. The van der Waals surface area contributed by atoms with Gasteiger partial charge in [-0.1, -0.05) is 64.0 Å². The third kappa shape index (κ3) is 6.35. The minimum absolute atomic E-state index is 0.195. The molecule has 0 nitrogen and oxygen atoms in total. The fourth-order valence-electron chi connectivity index (χ4n) is 7.39. The van der Waals surface area contributed by atoms with Crippen LogP contribution in [0.1, 0.15) is 120 Å². The minimum atomic E-state index is -0.483. The average molecular weight is 445 g/mol. The van der Waals surface area contributed by atoms with Crippen LogP contribution in [0.25, 0.3) is 0 Å². The molecule has 1 aromatic rings. The molecule has 0 amide bonds. The maximum Gasteiger partial charge on any atom is 0.126 e. The van der Waals surface area contributed by atoms with Gasteiger partial charge in [0.25, 0.3) is 0 Å². The summed E-state index contributed by atoms with van der Waals surface area (Å²) in [5, 5.41) is 0. The molecule has 0 aliphatic heterocycles. The van der Waals surface area contributed by atoms with Crippen LogP contribution in [0, 0.1) is 35.4 Å². The Hall–Kier alpha value is -0.920. The van der Waals surface area contributed by atoms with Crippen molar-refractivity contribution >= 4 is 0 Å².